The van der Waals surface area contributed by atoms with Gasteiger partial charge in [0, 0.05) is 31.7 Å². The molecule has 1 heterocycles. The average molecular weight is 372 g/mol. The van der Waals surface area contributed by atoms with Gasteiger partial charge in [0.15, 0.2) is 0 Å². The van der Waals surface area contributed by atoms with E-state index in [0.29, 0.717) is 32.4 Å². The molecule has 1 saturated heterocycles. The first-order valence-electron chi connectivity index (χ1n) is 9.01. The monoisotopic (exact) mass is 371 g/mol. The van der Waals surface area contributed by atoms with E-state index in [1.54, 1.807) is 0 Å². The molecular weight excluding hydrogens is 346 g/mol. The summed E-state index contributed by atoms with van der Waals surface area (Å²) >= 11 is 0. The predicted molar refractivity (Wildman–Crippen MR) is 104 cm³/mol. The number of piperidine rings is 1. The van der Waals surface area contributed by atoms with Crippen molar-refractivity contribution < 1.29 is 13.2 Å². The predicted octanol–water partition coefficient (Wildman–Crippen LogP) is 3.24. The second kappa shape index (κ2) is 8.04. The molecule has 0 spiro atoms. The summed E-state index contributed by atoms with van der Waals surface area (Å²) in [7, 11) is -3.02. The molecule has 138 valence electrons. The van der Waals surface area contributed by atoms with E-state index in [1.807, 2.05) is 41.3 Å². The number of nitrogens with zero attached hydrogens (tertiary/aromatic N) is 1. The molecule has 0 aliphatic carbocycles. The van der Waals surface area contributed by atoms with Crippen LogP contribution in [0.2, 0.25) is 0 Å². The van der Waals surface area contributed by atoms with Crippen LogP contribution in [0.15, 0.2) is 60.7 Å². The second-order valence-corrected chi connectivity index (χ2v) is 9.31. The summed E-state index contributed by atoms with van der Waals surface area (Å²) in [6, 6.07) is 20.2. The molecule has 3 rings (SSSR count). The fourth-order valence-corrected chi connectivity index (χ4v) is 4.70. The first-order chi connectivity index (χ1) is 12.4. The molecule has 1 amide bonds. The molecule has 5 heteroatoms. The molecule has 1 fully saturated rings. The highest BCUT2D eigenvalue weighted by Gasteiger charge is 2.30. The Bertz CT molecular complexity index is 787. The Labute approximate surface area is 155 Å². The van der Waals surface area contributed by atoms with E-state index in [2.05, 4.69) is 24.3 Å². The number of hydrogen-bond acceptors (Lipinski definition) is 3. The van der Waals surface area contributed by atoms with Crippen LogP contribution in [0.3, 0.4) is 0 Å². The quantitative estimate of drug-likeness (QED) is 0.811. The fourth-order valence-electron chi connectivity index (χ4n) is 3.64. The van der Waals surface area contributed by atoms with Gasteiger partial charge < -0.3 is 4.90 Å². The number of sulfone groups is 1. The van der Waals surface area contributed by atoms with E-state index in [-0.39, 0.29) is 17.1 Å². The third-order valence-electron chi connectivity index (χ3n) is 5.18. The van der Waals surface area contributed by atoms with Crippen LogP contribution in [0, 0.1) is 0 Å². The topological polar surface area (TPSA) is 54.5 Å². The maximum atomic E-state index is 12.9. The van der Waals surface area contributed by atoms with Crippen molar-refractivity contribution in [2.45, 2.75) is 30.4 Å². The number of likely N-dealkylation sites (tertiary alicyclic amines) is 1. The lowest BCUT2D eigenvalue weighted by molar-refractivity contribution is -0.132. The lowest BCUT2D eigenvalue weighted by atomic mass is 9.88. The van der Waals surface area contributed by atoms with Gasteiger partial charge in [-0.2, -0.15) is 0 Å². The Morgan fingerprint density at radius 3 is 1.85 bits per heavy atom. The van der Waals surface area contributed by atoms with Crippen LogP contribution in [-0.2, 0) is 14.6 Å². The van der Waals surface area contributed by atoms with E-state index in [4.69, 9.17) is 0 Å². The zero-order valence-corrected chi connectivity index (χ0v) is 15.9. The lowest BCUT2D eigenvalue weighted by Gasteiger charge is -2.32. The Morgan fingerprint density at radius 2 is 1.42 bits per heavy atom. The molecule has 0 N–H and O–H groups in total. The molecule has 0 atom stereocenters. The minimum absolute atomic E-state index is 0.0116. The normalized spacial score (nSPS) is 16.0. The van der Waals surface area contributed by atoms with Crippen molar-refractivity contribution in [1.82, 2.24) is 4.90 Å². The van der Waals surface area contributed by atoms with Crippen LogP contribution in [0.5, 0.6) is 0 Å². The van der Waals surface area contributed by atoms with Gasteiger partial charge in [-0.3, -0.25) is 4.79 Å². The van der Waals surface area contributed by atoms with E-state index >= 15 is 0 Å². The molecule has 0 saturated carbocycles. The summed E-state index contributed by atoms with van der Waals surface area (Å²) in [5.74, 6) is 0.104. The number of amides is 1. The maximum absolute atomic E-state index is 12.9. The van der Waals surface area contributed by atoms with Gasteiger partial charge in [0.2, 0.25) is 5.91 Å². The molecule has 0 radical (unpaired) electrons. The van der Waals surface area contributed by atoms with Crippen molar-refractivity contribution in [2.24, 2.45) is 0 Å². The Morgan fingerprint density at radius 1 is 0.962 bits per heavy atom. The molecular formula is C21H25NO3S. The standard InChI is InChI=1S/C21H25NO3S/c1-26(24,25)19-12-14-22(15-13-19)21(23)16-20(17-8-4-2-5-9-17)18-10-6-3-7-11-18/h2-11,19-20H,12-16H2,1H3. The highest BCUT2D eigenvalue weighted by molar-refractivity contribution is 7.91. The van der Waals surface area contributed by atoms with Crippen LogP contribution in [0.25, 0.3) is 0 Å². The van der Waals surface area contributed by atoms with Crippen LogP contribution in [0.4, 0.5) is 0 Å². The van der Waals surface area contributed by atoms with Gasteiger partial charge in [-0.25, -0.2) is 8.42 Å². The van der Waals surface area contributed by atoms with E-state index < -0.39 is 9.84 Å². The molecule has 2 aromatic rings. The largest absolute Gasteiger partial charge is 0.343 e. The first kappa shape index (κ1) is 18.6. The smallest absolute Gasteiger partial charge is 0.223 e. The van der Waals surface area contributed by atoms with E-state index in [0.717, 1.165) is 11.1 Å². The van der Waals surface area contributed by atoms with Gasteiger partial charge in [-0.05, 0) is 24.0 Å². The number of rotatable bonds is 5. The molecule has 0 unspecified atom stereocenters. The van der Waals surface area contributed by atoms with Crippen molar-refractivity contribution in [2.75, 3.05) is 19.3 Å². The van der Waals surface area contributed by atoms with Crippen molar-refractivity contribution in [3.05, 3.63) is 71.8 Å². The van der Waals surface area contributed by atoms with Crippen molar-refractivity contribution in [1.29, 1.82) is 0 Å². The van der Waals surface area contributed by atoms with Crippen LogP contribution in [0.1, 0.15) is 36.3 Å². The molecule has 2 aromatic carbocycles. The van der Waals surface area contributed by atoms with Crippen LogP contribution in [-0.4, -0.2) is 43.8 Å². The average Bonchev–Trinajstić information content (AvgIpc) is 2.67. The van der Waals surface area contributed by atoms with Gasteiger partial charge in [0.25, 0.3) is 0 Å². The zero-order chi connectivity index (χ0) is 18.6. The first-order valence-corrected chi connectivity index (χ1v) is 11.0. The summed E-state index contributed by atoms with van der Waals surface area (Å²) in [5.41, 5.74) is 2.25. The zero-order valence-electron chi connectivity index (χ0n) is 15.0. The Hall–Kier alpha value is -2.14. The van der Waals surface area contributed by atoms with Gasteiger partial charge in [-0.15, -0.1) is 0 Å². The number of carbonyl (C=O) groups excluding carboxylic acids is 1. The highest BCUT2D eigenvalue weighted by atomic mass is 32.2. The van der Waals surface area contributed by atoms with E-state index in [9.17, 15) is 13.2 Å². The molecule has 1 aliphatic heterocycles. The number of hydrogen-bond donors (Lipinski definition) is 0. The third-order valence-corrected chi connectivity index (χ3v) is 6.87. The summed E-state index contributed by atoms with van der Waals surface area (Å²) in [4.78, 5) is 14.7. The molecule has 4 nitrogen and oxygen atoms in total. The second-order valence-electron chi connectivity index (χ2n) is 6.99. The van der Waals surface area contributed by atoms with Crippen molar-refractivity contribution in [3.63, 3.8) is 0 Å². The van der Waals surface area contributed by atoms with Crippen molar-refractivity contribution in [3.8, 4) is 0 Å². The Kier molecular flexibility index (Phi) is 5.77. The lowest BCUT2D eigenvalue weighted by Crippen LogP contribution is -2.42. The number of carbonyl (C=O) groups is 1. The third kappa shape index (κ3) is 4.52. The minimum Gasteiger partial charge on any atom is -0.343 e. The summed E-state index contributed by atoms with van der Waals surface area (Å²) in [5, 5.41) is -0.314. The molecule has 26 heavy (non-hydrogen) atoms. The van der Waals surface area contributed by atoms with Gasteiger partial charge >= 0.3 is 0 Å². The molecule has 0 bridgehead atoms. The van der Waals surface area contributed by atoms with Gasteiger partial charge in [0.05, 0.1) is 5.25 Å². The number of benzene rings is 2. The molecule has 0 aromatic heterocycles. The van der Waals surface area contributed by atoms with Crippen LogP contribution >= 0.6 is 0 Å². The Balaban J connectivity index is 1.73. The highest BCUT2D eigenvalue weighted by Crippen LogP contribution is 2.29. The maximum Gasteiger partial charge on any atom is 0.223 e. The summed E-state index contributed by atoms with van der Waals surface area (Å²) in [6.45, 7) is 1.04. The van der Waals surface area contributed by atoms with Gasteiger partial charge in [0.1, 0.15) is 9.84 Å². The summed E-state index contributed by atoms with van der Waals surface area (Å²) < 4.78 is 23.4. The minimum atomic E-state index is -3.02. The van der Waals surface area contributed by atoms with E-state index in [1.165, 1.54) is 6.26 Å². The SMILES string of the molecule is CS(=O)(=O)C1CCN(C(=O)CC(c2ccccc2)c2ccccc2)CC1. The van der Waals surface area contributed by atoms with Gasteiger partial charge in [-0.1, -0.05) is 60.7 Å². The van der Waals surface area contributed by atoms with Crippen molar-refractivity contribution >= 4 is 15.7 Å². The summed E-state index contributed by atoms with van der Waals surface area (Å²) in [6.07, 6.45) is 2.76. The van der Waals surface area contributed by atoms with Crippen LogP contribution < -0.4 is 0 Å². The molecule has 1 aliphatic rings. The fraction of sp³-hybridized carbons (Fsp3) is 0.381.